The second-order valence-electron chi connectivity index (χ2n) is 7.98. The summed E-state index contributed by atoms with van der Waals surface area (Å²) in [5, 5.41) is 34.7. The average Bonchev–Trinajstić information content (AvgIpc) is 2.74. The highest BCUT2D eigenvalue weighted by atomic mass is 16.4. The van der Waals surface area contributed by atoms with E-state index in [1.165, 1.54) is 6.92 Å². The molecule has 0 fully saturated rings. The van der Waals surface area contributed by atoms with Gasteiger partial charge < -0.3 is 42.7 Å². The molecule has 10 N–H and O–H groups in total. The molecule has 0 heterocycles. The molecule has 13 nitrogen and oxygen atoms in total. The van der Waals surface area contributed by atoms with Crippen LogP contribution in [0.4, 0.5) is 0 Å². The first-order chi connectivity index (χ1) is 15.3. The van der Waals surface area contributed by atoms with Crippen molar-refractivity contribution in [3.63, 3.8) is 0 Å². The summed E-state index contributed by atoms with van der Waals surface area (Å²) in [6, 6.07) is -5.29. The second kappa shape index (κ2) is 15.1. The van der Waals surface area contributed by atoms with E-state index in [4.69, 9.17) is 21.7 Å². The molecule has 3 amide bonds. The number of hydrogen-bond acceptors (Lipinski definition) is 8. The number of carboxylic acid groups (broad SMARTS) is 2. The average molecular weight is 476 g/mol. The van der Waals surface area contributed by atoms with Crippen molar-refractivity contribution < 1.29 is 39.3 Å². The highest BCUT2D eigenvalue weighted by molar-refractivity contribution is 5.94. The molecular formula is C20H37N5O8. The van der Waals surface area contributed by atoms with E-state index in [1.807, 2.05) is 12.2 Å². The Morgan fingerprint density at radius 2 is 1.45 bits per heavy atom. The highest BCUT2D eigenvalue weighted by Crippen LogP contribution is 2.08. The van der Waals surface area contributed by atoms with Crippen LogP contribution in [0.3, 0.4) is 0 Å². The van der Waals surface area contributed by atoms with Crippen molar-refractivity contribution in [2.24, 2.45) is 17.4 Å². The van der Waals surface area contributed by atoms with Crippen LogP contribution in [-0.4, -0.2) is 81.8 Å². The minimum atomic E-state index is -1.76. The predicted octanol–water partition coefficient (Wildman–Crippen LogP) is -2.12. The molecule has 0 aromatic rings. The van der Waals surface area contributed by atoms with Crippen LogP contribution >= 0.6 is 0 Å². The van der Waals surface area contributed by atoms with E-state index >= 15 is 0 Å². The van der Waals surface area contributed by atoms with E-state index in [2.05, 4.69) is 10.6 Å². The van der Waals surface area contributed by atoms with Crippen LogP contribution in [0, 0.1) is 5.92 Å². The molecule has 6 unspecified atom stereocenters. The molecule has 0 rings (SSSR count). The normalized spacial score (nSPS) is 16.4. The van der Waals surface area contributed by atoms with E-state index in [1.54, 1.807) is 6.92 Å². The Morgan fingerprint density at radius 3 is 1.91 bits per heavy atom. The summed E-state index contributed by atoms with van der Waals surface area (Å²) in [5.74, 6) is -5.62. The number of nitrogens with two attached hydrogens (primary N) is 2. The molecule has 0 spiro atoms. The highest BCUT2D eigenvalue weighted by Gasteiger charge is 2.33. The number of aliphatic carboxylic acids is 2. The van der Waals surface area contributed by atoms with Gasteiger partial charge in [0.2, 0.25) is 17.7 Å². The first-order valence-electron chi connectivity index (χ1n) is 10.8. The molecule has 0 aliphatic rings. The SMILES string of the molecule is CCC(C)C(N)C(=O)NC(CCCCN)C(=O)NC(C(=O)NC(CC(=O)O)C(=O)O)C(C)O. The van der Waals surface area contributed by atoms with Crippen molar-refractivity contribution in [3.8, 4) is 0 Å². The van der Waals surface area contributed by atoms with Crippen LogP contribution in [0.2, 0.25) is 0 Å². The zero-order valence-electron chi connectivity index (χ0n) is 19.2. The van der Waals surface area contributed by atoms with Crippen LogP contribution < -0.4 is 27.4 Å². The third kappa shape index (κ3) is 11.1. The number of carbonyl (C=O) groups excluding carboxylic acids is 3. The van der Waals surface area contributed by atoms with Crippen LogP contribution in [0.5, 0.6) is 0 Å². The Labute approximate surface area is 192 Å². The summed E-state index contributed by atoms with van der Waals surface area (Å²) in [6.45, 7) is 5.22. The van der Waals surface area contributed by atoms with Crippen molar-refractivity contribution in [1.82, 2.24) is 16.0 Å². The fourth-order valence-corrected chi connectivity index (χ4v) is 2.84. The van der Waals surface area contributed by atoms with Gasteiger partial charge in [0.25, 0.3) is 0 Å². The van der Waals surface area contributed by atoms with Gasteiger partial charge in [-0.3, -0.25) is 19.2 Å². The lowest BCUT2D eigenvalue weighted by atomic mass is 9.98. The van der Waals surface area contributed by atoms with E-state index in [0.717, 1.165) is 0 Å². The summed E-state index contributed by atoms with van der Waals surface area (Å²) >= 11 is 0. The van der Waals surface area contributed by atoms with E-state index in [0.29, 0.717) is 25.8 Å². The van der Waals surface area contributed by atoms with E-state index < -0.39 is 66.4 Å². The van der Waals surface area contributed by atoms with Crippen LogP contribution in [0.1, 0.15) is 52.9 Å². The fraction of sp³-hybridized carbons (Fsp3) is 0.750. The van der Waals surface area contributed by atoms with Gasteiger partial charge in [0, 0.05) is 0 Å². The van der Waals surface area contributed by atoms with E-state index in [9.17, 15) is 29.1 Å². The number of carbonyl (C=O) groups is 5. The molecule has 0 bridgehead atoms. The first-order valence-corrected chi connectivity index (χ1v) is 10.8. The fourth-order valence-electron chi connectivity index (χ4n) is 2.84. The minimum Gasteiger partial charge on any atom is -0.481 e. The monoisotopic (exact) mass is 475 g/mol. The lowest BCUT2D eigenvalue weighted by Crippen LogP contribution is -2.60. The second-order valence-corrected chi connectivity index (χ2v) is 7.98. The summed E-state index contributed by atoms with van der Waals surface area (Å²) in [7, 11) is 0. The third-order valence-electron chi connectivity index (χ3n) is 5.20. The largest absolute Gasteiger partial charge is 0.481 e. The van der Waals surface area contributed by atoms with Gasteiger partial charge >= 0.3 is 11.9 Å². The quantitative estimate of drug-likeness (QED) is 0.113. The predicted molar refractivity (Wildman–Crippen MR) is 118 cm³/mol. The summed E-state index contributed by atoms with van der Waals surface area (Å²) in [4.78, 5) is 59.9. The Kier molecular flexibility index (Phi) is 13.9. The molecule has 0 saturated heterocycles. The van der Waals surface area contributed by atoms with Crippen molar-refractivity contribution in [3.05, 3.63) is 0 Å². The number of amides is 3. The Balaban J connectivity index is 5.47. The van der Waals surface area contributed by atoms with Crippen molar-refractivity contribution in [2.45, 2.75) is 83.1 Å². The Bertz CT molecular complexity index is 687. The summed E-state index contributed by atoms with van der Waals surface area (Å²) < 4.78 is 0. The van der Waals surface area contributed by atoms with Gasteiger partial charge in [0.05, 0.1) is 18.6 Å². The topological polar surface area (TPSA) is 234 Å². The molecule has 0 aliphatic heterocycles. The van der Waals surface area contributed by atoms with Crippen molar-refractivity contribution >= 4 is 29.7 Å². The molecule has 0 radical (unpaired) electrons. The van der Waals surface area contributed by atoms with Crippen molar-refractivity contribution in [1.29, 1.82) is 0 Å². The first kappa shape index (κ1) is 30.2. The number of rotatable bonds is 16. The third-order valence-corrected chi connectivity index (χ3v) is 5.20. The molecule has 190 valence electrons. The molecule has 0 aromatic carbocycles. The molecule has 6 atom stereocenters. The Morgan fingerprint density at radius 1 is 0.879 bits per heavy atom. The maximum absolute atomic E-state index is 12.9. The van der Waals surface area contributed by atoms with Gasteiger partial charge in [0.15, 0.2) is 0 Å². The molecule has 0 saturated carbocycles. The summed E-state index contributed by atoms with van der Waals surface area (Å²) in [6.07, 6.45) is -0.453. The zero-order valence-corrected chi connectivity index (χ0v) is 19.2. The number of hydrogen-bond donors (Lipinski definition) is 8. The van der Waals surface area contributed by atoms with Crippen LogP contribution in [0.25, 0.3) is 0 Å². The van der Waals surface area contributed by atoms with Crippen LogP contribution in [-0.2, 0) is 24.0 Å². The van der Waals surface area contributed by atoms with Gasteiger partial charge in [-0.2, -0.15) is 0 Å². The lowest BCUT2D eigenvalue weighted by Gasteiger charge is -2.27. The molecule has 0 aliphatic carbocycles. The van der Waals surface area contributed by atoms with E-state index in [-0.39, 0.29) is 12.3 Å². The van der Waals surface area contributed by atoms with Gasteiger partial charge in [-0.05, 0) is 38.6 Å². The number of unbranched alkanes of at least 4 members (excludes halogenated alkanes) is 1. The number of carboxylic acids is 2. The minimum absolute atomic E-state index is 0.143. The van der Waals surface area contributed by atoms with Crippen LogP contribution in [0.15, 0.2) is 0 Å². The maximum atomic E-state index is 12.9. The molecule has 13 heteroatoms. The van der Waals surface area contributed by atoms with Gasteiger partial charge in [0.1, 0.15) is 18.1 Å². The smallest absolute Gasteiger partial charge is 0.326 e. The Hall–Kier alpha value is -2.77. The number of aliphatic hydroxyl groups excluding tert-OH is 1. The lowest BCUT2D eigenvalue weighted by molar-refractivity contribution is -0.148. The zero-order chi connectivity index (χ0) is 25.7. The van der Waals surface area contributed by atoms with Gasteiger partial charge in [-0.15, -0.1) is 0 Å². The van der Waals surface area contributed by atoms with Gasteiger partial charge in [-0.25, -0.2) is 4.79 Å². The maximum Gasteiger partial charge on any atom is 0.326 e. The van der Waals surface area contributed by atoms with Crippen molar-refractivity contribution in [2.75, 3.05) is 6.54 Å². The van der Waals surface area contributed by atoms with Gasteiger partial charge in [-0.1, -0.05) is 20.3 Å². The molecular weight excluding hydrogens is 438 g/mol. The molecule has 33 heavy (non-hydrogen) atoms. The summed E-state index contributed by atoms with van der Waals surface area (Å²) in [5.41, 5.74) is 11.4. The molecule has 0 aromatic heterocycles. The number of nitrogens with one attached hydrogen (secondary N) is 3. The standard InChI is InChI=1S/C20H37N5O8/c1-4-10(2)15(22)18(30)23-12(7-5-6-8-21)17(29)25-16(11(3)26)19(31)24-13(20(32)33)9-14(27)28/h10-13,15-16,26H,4-9,21-22H2,1-3H3,(H,23,30)(H,24,31)(H,25,29)(H,27,28)(H,32,33). The number of aliphatic hydroxyl groups is 1.